The summed E-state index contributed by atoms with van der Waals surface area (Å²) in [6, 6.07) is 8.31. The van der Waals surface area contributed by atoms with Gasteiger partial charge < -0.3 is 9.47 Å². The van der Waals surface area contributed by atoms with Crippen molar-refractivity contribution in [3.63, 3.8) is 0 Å². The average Bonchev–Trinajstić information content (AvgIpc) is 2.61. The van der Waals surface area contributed by atoms with Crippen LogP contribution >= 0.6 is 11.8 Å². The molecule has 0 saturated heterocycles. The van der Waals surface area contributed by atoms with Crippen molar-refractivity contribution in [2.75, 3.05) is 12.2 Å². The lowest BCUT2D eigenvalue weighted by atomic mass is 9.81. The number of unbranched alkanes of at least 4 members (excludes halogenated alkanes) is 2. The van der Waals surface area contributed by atoms with Gasteiger partial charge in [-0.2, -0.15) is 0 Å². The summed E-state index contributed by atoms with van der Waals surface area (Å²) in [7, 11) is 0. The van der Waals surface area contributed by atoms with Crippen LogP contribution < -0.4 is 4.74 Å². The van der Waals surface area contributed by atoms with Crippen molar-refractivity contribution in [2.24, 2.45) is 0 Å². The molecule has 24 heavy (non-hydrogen) atoms. The van der Waals surface area contributed by atoms with E-state index >= 15 is 0 Å². The molecule has 0 heterocycles. The zero-order valence-corrected chi connectivity index (χ0v) is 15.8. The van der Waals surface area contributed by atoms with Gasteiger partial charge >= 0.3 is 5.97 Å². The van der Waals surface area contributed by atoms with Crippen LogP contribution in [0.25, 0.3) is 0 Å². The first-order chi connectivity index (χ1) is 11.7. The molecule has 0 bridgehead atoms. The summed E-state index contributed by atoms with van der Waals surface area (Å²) in [6.07, 6.45) is 10.2. The smallest absolute Gasteiger partial charge is 0.306 e. The van der Waals surface area contributed by atoms with Crippen LogP contribution in [-0.2, 0) is 9.53 Å². The fraction of sp³-hybridized carbons (Fsp3) is 0.650. The molecule has 0 radical (unpaired) electrons. The van der Waals surface area contributed by atoms with Crippen LogP contribution in [0.3, 0.4) is 0 Å². The lowest BCUT2D eigenvalue weighted by Crippen LogP contribution is -2.28. The van der Waals surface area contributed by atoms with Crippen molar-refractivity contribution < 1.29 is 14.3 Å². The Morgan fingerprint density at radius 3 is 2.62 bits per heavy atom. The summed E-state index contributed by atoms with van der Waals surface area (Å²) in [4.78, 5) is 12.1. The van der Waals surface area contributed by atoms with Crippen LogP contribution in [0, 0.1) is 0 Å². The summed E-state index contributed by atoms with van der Waals surface area (Å²) >= 11 is 1.66. The van der Waals surface area contributed by atoms with E-state index in [4.69, 9.17) is 9.47 Å². The highest BCUT2D eigenvalue weighted by Gasteiger charge is 2.29. The Hall–Kier alpha value is -1.16. The van der Waals surface area contributed by atoms with Crippen LogP contribution in [0.2, 0.25) is 0 Å². The molecule has 134 valence electrons. The van der Waals surface area contributed by atoms with Gasteiger partial charge in [0.15, 0.2) is 0 Å². The number of hydrogen-bond acceptors (Lipinski definition) is 4. The summed E-state index contributed by atoms with van der Waals surface area (Å²) in [5, 5.41) is 0. The Kier molecular flexibility index (Phi) is 8.51. The third-order valence-electron chi connectivity index (χ3n) is 4.62. The maximum absolute atomic E-state index is 12.1. The standard InChI is InChI=1S/C20H30O3S/c1-3-4-5-10-20(21)23-19-9-7-6-8-18(19)16-11-13-17(14-12-16)22-15-24-2/h11-14,18-19H,3-10,15H2,1-2H3. The van der Waals surface area contributed by atoms with Crippen LogP contribution in [0.4, 0.5) is 0 Å². The number of thioether (sulfide) groups is 1. The molecule has 2 unspecified atom stereocenters. The zero-order valence-electron chi connectivity index (χ0n) is 15.0. The van der Waals surface area contributed by atoms with Crippen molar-refractivity contribution in [1.29, 1.82) is 0 Å². The number of carbonyl (C=O) groups excluding carboxylic acids is 1. The highest BCUT2D eigenvalue weighted by molar-refractivity contribution is 7.98. The quantitative estimate of drug-likeness (QED) is 0.333. The largest absolute Gasteiger partial charge is 0.483 e. The minimum Gasteiger partial charge on any atom is -0.483 e. The number of rotatable bonds is 9. The molecule has 0 amide bonds. The zero-order chi connectivity index (χ0) is 17.2. The molecular formula is C20H30O3S. The Labute approximate surface area is 150 Å². The molecule has 2 rings (SSSR count). The molecule has 0 N–H and O–H groups in total. The topological polar surface area (TPSA) is 35.5 Å². The first-order valence-electron chi connectivity index (χ1n) is 9.15. The molecule has 1 aliphatic rings. The van der Waals surface area contributed by atoms with E-state index in [0.29, 0.717) is 18.3 Å². The van der Waals surface area contributed by atoms with E-state index in [2.05, 4.69) is 19.1 Å². The van der Waals surface area contributed by atoms with Gasteiger partial charge in [-0.3, -0.25) is 4.79 Å². The van der Waals surface area contributed by atoms with Crippen LogP contribution in [0.5, 0.6) is 5.75 Å². The van der Waals surface area contributed by atoms with E-state index < -0.39 is 0 Å². The SMILES string of the molecule is CCCCCC(=O)OC1CCCCC1c1ccc(OCSC)cc1. The molecule has 2 atom stereocenters. The molecular weight excluding hydrogens is 320 g/mol. The Balaban J connectivity index is 1.94. The number of benzene rings is 1. The van der Waals surface area contributed by atoms with Crippen molar-refractivity contribution >= 4 is 17.7 Å². The summed E-state index contributed by atoms with van der Waals surface area (Å²) in [6.45, 7) is 2.15. The fourth-order valence-electron chi connectivity index (χ4n) is 3.30. The molecule has 4 heteroatoms. The van der Waals surface area contributed by atoms with Gasteiger partial charge in [0.25, 0.3) is 0 Å². The second-order valence-electron chi connectivity index (χ2n) is 6.50. The second kappa shape index (κ2) is 10.7. The maximum atomic E-state index is 12.1. The normalized spacial score (nSPS) is 20.6. The van der Waals surface area contributed by atoms with Gasteiger partial charge in [-0.05, 0) is 49.6 Å². The molecule has 1 aliphatic carbocycles. The molecule has 0 aliphatic heterocycles. The molecule has 1 aromatic rings. The first-order valence-corrected chi connectivity index (χ1v) is 10.5. The fourth-order valence-corrected chi connectivity index (χ4v) is 3.56. The van der Waals surface area contributed by atoms with E-state index in [1.165, 1.54) is 12.0 Å². The predicted octanol–water partition coefficient (Wildman–Crippen LogP) is 5.54. The van der Waals surface area contributed by atoms with Gasteiger partial charge in [0.2, 0.25) is 0 Å². The molecule has 0 spiro atoms. The first kappa shape index (κ1) is 19.2. The summed E-state index contributed by atoms with van der Waals surface area (Å²) in [5.41, 5.74) is 1.26. The summed E-state index contributed by atoms with van der Waals surface area (Å²) < 4.78 is 11.4. The van der Waals surface area contributed by atoms with Crippen LogP contribution in [-0.4, -0.2) is 24.3 Å². The molecule has 0 aromatic heterocycles. The van der Waals surface area contributed by atoms with E-state index in [1.807, 2.05) is 18.4 Å². The Morgan fingerprint density at radius 2 is 1.92 bits per heavy atom. The minimum absolute atomic E-state index is 0.0275. The number of ether oxygens (including phenoxy) is 2. The number of esters is 1. The van der Waals surface area contributed by atoms with Gasteiger partial charge in [0.05, 0.1) is 0 Å². The second-order valence-corrected chi connectivity index (χ2v) is 7.31. The van der Waals surface area contributed by atoms with Crippen molar-refractivity contribution in [3.8, 4) is 5.75 Å². The third kappa shape index (κ3) is 6.04. The van der Waals surface area contributed by atoms with Gasteiger partial charge in [0.1, 0.15) is 17.8 Å². The predicted molar refractivity (Wildman–Crippen MR) is 101 cm³/mol. The minimum atomic E-state index is -0.0275. The molecule has 1 saturated carbocycles. The molecule has 3 nitrogen and oxygen atoms in total. The highest BCUT2D eigenvalue weighted by Crippen LogP contribution is 2.36. The summed E-state index contributed by atoms with van der Waals surface area (Å²) in [5.74, 6) is 1.86. The van der Waals surface area contributed by atoms with Crippen molar-refractivity contribution in [1.82, 2.24) is 0 Å². The van der Waals surface area contributed by atoms with Crippen molar-refractivity contribution in [3.05, 3.63) is 29.8 Å². The lowest BCUT2D eigenvalue weighted by molar-refractivity contribution is -0.151. The lowest BCUT2D eigenvalue weighted by Gasteiger charge is -2.31. The molecule has 1 fully saturated rings. The van der Waals surface area contributed by atoms with Crippen molar-refractivity contribution in [2.45, 2.75) is 70.3 Å². The van der Waals surface area contributed by atoms with Crippen LogP contribution in [0.1, 0.15) is 69.8 Å². The molecule has 1 aromatic carbocycles. The van der Waals surface area contributed by atoms with E-state index in [9.17, 15) is 4.79 Å². The van der Waals surface area contributed by atoms with E-state index in [-0.39, 0.29) is 12.1 Å². The van der Waals surface area contributed by atoms with Gasteiger partial charge in [0, 0.05) is 12.3 Å². The van der Waals surface area contributed by atoms with E-state index in [0.717, 1.165) is 44.3 Å². The Bertz CT molecular complexity index is 486. The van der Waals surface area contributed by atoms with E-state index in [1.54, 1.807) is 11.8 Å². The number of carbonyl (C=O) groups is 1. The maximum Gasteiger partial charge on any atom is 0.306 e. The number of hydrogen-bond donors (Lipinski definition) is 0. The van der Waals surface area contributed by atoms with Gasteiger partial charge in [-0.25, -0.2) is 0 Å². The monoisotopic (exact) mass is 350 g/mol. The van der Waals surface area contributed by atoms with Crippen LogP contribution in [0.15, 0.2) is 24.3 Å². The third-order valence-corrected chi connectivity index (χ3v) is 4.98. The van der Waals surface area contributed by atoms with Gasteiger partial charge in [-0.1, -0.05) is 38.3 Å². The Morgan fingerprint density at radius 1 is 1.17 bits per heavy atom. The van der Waals surface area contributed by atoms with Gasteiger partial charge in [-0.15, -0.1) is 11.8 Å². The highest BCUT2D eigenvalue weighted by atomic mass is 32.2. The average molecular weight is 351 g/mol.